The highest BCUT2D eigenvalue weighted by Gasteiger charge is 2.25. The van der Waals surface area contributed by atoms with Crippen LogP contribution in [0.15, 0.2) is 41.8 Å². The van der Waals surface area contributed by atoms with E-state index in [0.29, 0.717) is 12.1 Å². The fourth-order valence-corrected chi connectivity index (χ4v) is 4.20. The molecule has 1 amide bonds. The zero-order valence-corrected chi connectivity index (χ0v) is 15.4. The summed E-state index contributed by atoms with van der Waals surface area (Å²) < 4.78 is 13.3. The molecular weight excluding hydrogens is 335 g/mol. The van der Waals surface area contributed by atoms with E-state index in [4.69, 9.17) is 0 Å². The molecule has 25 heavy (non-hydrogen) atoms. The van der Waals surface area contributed by atoms with Crippen molar-refractivity contribution in [2.24, 2.45) is 5.92 Å². The van der Waals surface area contributed by atoms with Crippen LogP contribution in [0.2, 0.25) is 0 Å². The van der Waals surface area contributed by atoms with Crippen molar-refractivity contribution in [2.45, 2.75) is 32.2 Å². The van der Waals surface area contributed by atoms with Gasteiger partial charge in [0.2, 0.25) is 5.91 Å². The minimum atomic E-state index is -0.302. The van der Waals surface area contributed by atoms with Crippen LogP contribution in [0.25, 0.3) is 0 Å². The first-order valence-corrected chi connectivity index (χ1v) is 9.78. The summed E-state index contributed by atoms with van der Waals surface area (Å²) in [6.07, 6.45) is 2.63. The number of carbonyl (C=O) groups excluding carboxylic acids is 1. The van der Waals surface area contributed by atoms with Crippen LogP contribution in [0, 0.1) is 11.7 Å². The van der Waals surface area contributed by atoms with Gasteiger partial charge in [-0.2, -0.15) is 0 Å². The Morgan fingerprint density at radius 1 is 1.32 bits per heavy atom. The first kappa shape index (κ1) is 18.1. The van der Waals surface area contributed by atoms with Crippen molar-refractivity contribution in [1.29, 1.82) is 0 Å². The summed E-state index contributed by atoms with van der Waals surface area (Å²) in [5.74, 6) is 0.421. The second kappa shape index (κ2) is 8.59. The largest absolute Gasteiger partial charge is 0.354 e. The highest BCUT2D eigenvalue weighted by Crippen LogP contribution is 2.29. The molecule has 1 aliphatic heterocycles. The Labute approximate surface area is 152 Å². The number of piperidine rings is 1. The van der Waals surface area contributed by atoms with Crippen LogP contribution in [-0.2, 0) is 11.2 Å². The van der Waals surface area contributed by atoms with Crippen LogP contribution >= 0.6 is 11.3 Å². The van der Waals surface area contributed by atoms with E-state index in [1.165, 1.54) is 29.9 Å². The third-order valence-electron chi connectivity index (χ3n) is 4.88. The molecule has 3 nitrogen and oxygen atoms in total. The summed E-state index contributed by atoms with van der Waals surface area (Å²) in [7, 11) is 0. The predicted molar refractivity (Wildman–Crippen MR) is 100 cm³/mol. The van der Waals surface area contributed by atoms with Crippen molar-refractivity contribution in [1.82, 2.24) is 10.2 Å². The van der Waals surface area contributed by atoms with Crippen LogP contribution < -0.4 is 5.32 Å². The lowest BCUT2D eigenvalue weighted by atomic mass is 9.97. The van der Waals surface area contributed by atoms with Crippen LogP contribution in [0.1, 0.15) is 36.2 Å². The molecule has 2 heterocycles. The number of rotatable bonds is 6. The number of amides is 1. The number of benzene rings is 1. The maximum Gasteiger partial charge on any atom is 0.224 e. The lowest BCUT2D eigenvalue weighted by Gasteiger charge is -2.36. The second-order valence-corrected chi connectivity index (χ2v) is 7.84. The number of carbonyl (C=O) groups is 1. The van der Waals surface area contributed by atoms with Crippen molar-refractivity contribution >= 4 is 17.2 Å². The Balaban J connectivity index is 1.59. The molecule has 1 unspecified atom stereocenters. The summed E-state index contributed by atoms with van der Waals surface area (Å²) in [6, 6.07) is 10.7. The van der Waals surface area contributed by atoms with Gasteiger partial charge in [-0.15, -0.1) is 11.3 Å². The Morgan fingerprint density at radius 2 is 2.12 bits per heavy atom. The Morgan fingerprint density at radius 3 is 2.80 bits per heavy atom. The second-order valence-electron chi connectivity index (χ2n) is 6.86. The van der Waals surface area contributed by atoms with E-state index in [1.807, 2.05) is 0 Å². The van der Waals surface area contributed by atoms with Gasteiger partial charge in [0.1, 0.15) is 5.82 Å². The van der Waals surface area contributed by atoms with Crippen molar-refractivity contribution in [2.75, 3.05) is 19.6 Å². The number of likely N-dealkylation sites (tertiary alicyclic amines) is 1. The van der Waals surface area contributed by atoms with Crippen molar-refractivity contribution in [3.8, 4) is 0 Å². The molecular formula is C20H25FN2OS. The fraction of sp³-hybridized carbons (Fsp3) is 0.450. The molecule has 0 saturated carbocycles. The molecule has 1 atom stereocenters. The monoisotopic (exact) mass is 360 g/mol. The molecule has 1 aromatic heterocycles. The molecule has 0 radical (unpaired) electrons. The van der Waals surface area contributed by atoms with E-state index < -0.39 is 0 Å². The quantitative estimate of drug-likeness (QED) is 0.844. The molecule has 1 fully saturated rings. The van der Waals surface area contributed by atoms with Crippen LogP contribution in [0.3, 0.4) is 0 Å². The predicted octanol–water partition coefficient (Wildman–Crippen LogP) is 4.02. The van der Waals surface area contributed by atoms with Crippen LogP contribution in [0.4, 0.5) is 4.39 Å². The summed E-state index contributed by atoms with van der Waals surface area (Å²) in [6.45, 7) is 5.05. The molecule has 2 aromatic rings. The van der Waals surface area contributed by atoms with Gasteiger partial charge in [-0.05, 0) is 61.0 Å². The summed E-state index contributed by atoms with van der Waals surface area (Å²) in [4.78, 5) is 16.1. The molecule has 1 N–H and O–H groups in total. The van der Waals surface area contributed by atoms with Crippen molar-refractivity contribution in [3.05, 3.63) is 58.0 Å². The van der Waals surface area contributed by atoms with E-state index in [-0.39, 0.29) is 24.2 Å². The number of nitrogens with one attached hydrogen (secondary N) is 1. The first-order valence-electron chi connectivity index (χ1n) is 8.90. The third kappa shape index (κ3) is 5.13. The minimum absolute atomic E-state index is 0.0578. The lowest BCUT2D eigenvalue weighted by Crippen LogP contribution is -2.41. The normalized spacial score (nSPS) is 17.4. The molecule has 1 aromatic carbocycles. The van der Waals surface area contributed by atoms with Gasteiger partial charge in [0.05, 0.1) is 12.5 Å². The molecule has 1 saturated heterocycles. The fourth-order valence-electron chi connectivity index (χ4n) is 3.34. The lowest BCUT2D eigenvalue weighted by molar-refractivity contribution is -0.120. The summed E-state index contributed by atoms with van der Waals surface area (Å²) in [5, 5.41) is 5.14. The van der Waals surface area contributed by atoms with Crippen LogP contribution in [0.5, 0.6) is 0 Å². The molecule has 0 spiro atoms. The molecule has 5 heteroatoms. The van der Waals surface area contributed by atoms with E-state index in [2.05, 4.69) is 34.7 Å². The van der Waals surface area contributed by atoms with Gasteiger partial charge in [-0.3, -0.25) is 9.69 Å². The van der Waals surface area contributed by atoms with Crippen LogP contribution in [-0.4, -0.2) is 30.4 Å². The third-order valence-corrected chi connectivity index (χ3v) is 5.85. The van der Waals surface area contributed by atoms with Gasteiger partial charge < -0.3 is 5.32 Å². The Bertz CT molecular complexity index is 681. The Hall–Kier alpha value is -1.72. The van der Waals surface area contributed by atoms with E-state index in [9.17, 15) is 9.18 Å². The molecule has 0 aliphatic carbocycles. The number of nitrogens with zero attached hydrogens (tertiary/aromatic N) is 1. The smallest absolute Gasteiger partial charge is 0.224 e. The van der Waals surface area contributed by atoms with Gasteiger partial charge >= 0.3 is 0 Å². The zero-order valence-electron chi connectivity index (χ0n) is 14.6. The average molecular weight is 360 g/mol. The highest BCUT2D eigenvalue weighted by atomic mass is 32.1. The molecule has 1 aliphatic rings. The highest BCUT2D eigenvalue weighted by molar-refractivity contribution is 7.10. The first-order chi connectivity index (χ1) is 12.1. The van der Waals surface area contributed by atoms with Crippen molar-refractivity contribution in [3.63, 3.8) is 0 Å². The number of hydrogen-bond donors (Lipinski definition) is 1. The molecule has 0 bridgehead atoms. The van der Waals surface area contributed by atoms with E-state index in [0.717, 1.165) is 19.0 Å². The standard InChI is InChI=1S/C20H25FN2OS/c1-15-7-9-23(10-8-15)18(19-6-3-11-25-19)14-22-20(24)13-16-4-2-5-17(21)12-16/h2-6,11-12,15,18H,7-10,13-14H2,1H3,(H,22,24). The maximum absolute atomic E-state index is 13.3. The number of hydrogen-bond acceptors (Lipinski definition) is 3. The summed E-state index contributed by atoms with van der Waals surface area (Å²) >= 11 is 1.74. The topological polar surface area (TPSA) is 32.3 Å². The average Bonchev–Trinajstić information content (AvgIpc) is 3.11. The Kier molecular flexibility index (Phi) is 6.21. The van der Waals surface area contributed by atoms with Gasteiger partial charge in [0.15, 0.2) is 0 Å². The van der Waals surface area contributed by atoms with Gasteiger partial charge in [-0.1, -0.05) is 25.1 Å². The van der Waals surface area contributed by atoms with Gasteiger partial charge in [0.25, 0.3) is 0 Å². The maximum atomic E-state index is 13.3. The zero-order chi connectivity index (χ0) is 17.6. The molecule has 3 rings (SSSR count). The number of halogens is 1. The van der Waals surface area contributed by atoms with Gasteiger partial charge in [-0.25, -0.2) is 4.39 Å². The van der Waals surface area contributed by atoms with E-state index in [1.54, 1.807) is 23.5 Å². The number of thiophene rings is 1. The SMILES string of the molecule is CC1CCN(C(CNC(=O)Cc2cccc(F)c2)c2cccs2)CC1. The summed E-state index contributed by atoms with van der Waals surface area (Å²) in [5.41, 5.74) is 0.706. The minimum Gasteiger partial charge on any atom is -0.354 e. The van der Waals surface area contributed by atoms with Crippen molar-refractivity contribution < 1.29 is 9.18 Å². The van der Waals surface area contributed by atoms with E-state index >= 15 is 0 Å². The van der Waals surface area contributed by atoms with Gasteiger partial charge in [0, 0.05) is 11.4 Å². The molecule has 134 valence electrons.